The zero-order valence-electron chi connectivity index (χ0n) is 12.1. The average Bonchev–Trinajstić information content (AvgIpc) is 2.43. The smallest absolute Gasteiger partial charge is 0.159 e. The monoisotopic (exact) mass is 264 g/mol. The Morgan fingerprint density at radius 1 is 1.11 bits per heavy atom. The van der Waals surface area contributed by atoms with E-state index in [-0.39, 0.29) is 12.1 Å². The highest BCUT2D eigenvalue weighted by atomic mass is 16.7. The third kappa shape index (κ3) is 5.99. The van der Waals surface area contributed by atoms with Crippen molar-refractivity contribution in [3.8, 4) is 0 Å². The topological polar surface area (TPSA) is 35.5 Å². The van der Waals surface area contributed by atoms with E-state index in [1.807, 2.05) is 24.3 Å². The zero-order chi connectivity index (χ0) is 14.1. The summed E-state index contributed by atoms with van der Waals surface area (Å²) in [6.07, 6.45) is 2.61. The van der Waals surface area contributed by atoms with Gasteiger partial charge in [0.05, 0.1) is 6.61 Å². The molecule has 1 rings (SSSR count). The predicted octanol–water partition coefficient (Wildman–Crippen LogP) is 3.61. The van der Waals surface area contributed by atoms with Crippen LogP contribution in [0.5, 0.6) is 0 Å². The van der Waals surface area contributed by atoms with E-state index < -0.39 is 0 Å². The molecule has 0 aliphatic carbocycles. The third-order valence-corrected chi connectivity index (χ3v) is 2.90. The van der Waals surface area contributed by atoms with Gasteiger partial charge in [-0.2, -0.15) is 0 Å². The summed E-state index contributed by atoms with van der Waals surface area (Å²) in [6, 6.07) is 7.69. The summed E-state index contributed by atoms with van der Waals surface area (Å²) in [5, 5.41) is 0. The summed E-state index contributed by atoms with van der Waals surface area (Å²) in [4.78, 5) is 11.2. The van der Waals surface area contributed by atoms with Gasteiger partial charge in [0.1, 0.15) is 0 Å². The van der Waals surface area contributed by atoms with Crippen LogP contribution in [-0.4, -0.2) is 25.3 Å². The Morgan fingerprint density at radius 3 is 2.26 bits per heavy atom. The molecule has 0 heterocycles. The highest BCUT2D eigenvalue weighted by Crippen LogP contribution is 2.08. The van der Waals surface area contributed by atoms with Crippen LogP contribution >= 0.6 is 0 Å². The first-order valence-electron chi connectivity index (χ1n) is 7.00. The van der Waals surface area contributed by atoms with Crippen LogP contribution < -0.4 is 0 Å². The molecule has 19 heavy (non-hydrogen) atoms. The quantitative estimate of drug-likeness (QED) is 0.505. The van der Waals surface area contributed by atoms with Gasteiger partial charge in [-0.3, -0.25) is 4.79 Å². The number of benzene rings is 1. The van der Waals surface area contributed by atoms with Crippen molar-refractivity contribution in [1.82, 2.24) is 0 Å². The van der Waals surface area contributed by atoms with Gasteiger partial charge >= 0.3 is 0 Å². The molecular weight excluding hydrogens is 240 g/mol. The summed E-state index contributed by atoms with van der Waals surface area (Å²) < 4.78 is 11.2. The van der Waals surface area contributed by atoms with E-state index in [2.05, 4.69) is 13.8 Å². The first-order chi connectivity index (χ1) is 9.17. The van der Waals surface area contributed by atoms with Crippen molar-refractivity contribution in [2.24, 2.45) is 0 Å². The lowest BCUT2D eigenvalue weighted by atomic mass is 10.1. The Labute approximate surface area is 115 Å². The summed E-state index contributed by atoms with van der Waals surface area (Å²) in [7, 11) is 0. The van der Waals surface area contributed by atoms with E-state index in [4.69, 9.17) is 9.47 Å². The second-order valence-electron chi connectivity index (χ2n) is 4.58. The zero-order valence-corrected chi connectivity index (χ0v) is 12.1. The molecule has 1 aromatic rings. The normalized spacial score (nSPS) is 12.4. The van der Waals surface area contributed by atoms with Crippen molar-refractivity contribution in [2.75, 3.05) is 13.2 Å². The largest absolute Gasteiger partial charge is 0.353 e. The summed E-state index contributed by atoms with van der Waals surface area (Å²) >= 11 is 0. The minimum Gasteiger partial charge on any atom is -0.353 e. The molecule has 0 saturated heterocycles. The van der Waals surface area contributed by atoms with Gasteiger partial charge < -0.3 is 9.47 Å². The van der Waals surface area contributed by atoms with Crippen molar-refractivity contribution in [2.45, 2.75) is 46.3 Å². The molecule has 0 spiro atoms. The Bertz CT molecular complexity index is 370. The highest BCUT2D eigenvalue weighted by Gasteiger charge is 2.06. The molecule has 0 aromatic heterocycles. The predicted molar refractivity (Wildman–Crippen MR) is 76.4 cm³/mol. The molecule has 0 fully saturated rings. The summed E-state index contributed by atoms with van der Waals surface area (Å²) in [5.41, 5.74) is 1.93. The molecule has 0 amide bonds. The van der Waals surface area contributed by atoms with E-state index in [0.29, 0.717) is 6.61 Å². The van der Waals surface area contributed by atoms with Crippen molar-refractivity contribution in [1.29, 1.82) is 0 Å². The van der Waals surface area contributed by atoms with Gasteiger partial charge in [-0.25, -0.2) is 0 Å². The molecule has 3 nitrogen and oxygen atoms in total. The number of ketones is 1. The van der Waals surface area contributed by atoms with Gasteiger partial charge in [-0.15, -0.1) is 0 Å². The number of carbonyl (C=O) groups excluding carboxylic acids is 1. The van der Waals surface area contributed by atoms with E-state index in [1.165, 1.54) is 5.56 Å². The van der Waals surface area contributed by atoms with Gasteiger partial charge in [0.15, 0.2) is 12.1 Å². The molecule has 0 aliphatic heterocycles. The first kappa shape index (κ1) is 15.9. The van der Waals surface area contributed by atoms with Crippen LogP contribution in [0.25, 0.3) is 0 Å². The molecule has 0 aliphatic rings. The maximum Gasteiger partial charge on any atom is 0.159 e. The van der Waals surface area contributed by atoms with Crippen LogP contribution in [0.3, 0.4) is 0 Å². The number of rotatable bonds is 9. The van der Waals surface area contributed by atoms with Gasteiger partial charge in [0.25, 0.3) is 0 Å². The Hall–Kier alpha value is -1.19. The number of hydrogen-bond acceptors (Lipinski definition) is 3. The van der Waals surface area contributed by atoms with Crippen LogP contribution in [0.4, 0.5) is 0 Å². The van der Waals surface area contributed by atoms with Crippen LogP contribution in [0.15, 0.2) is 24.3 Å². The Kier molecular flexibility index (Phi) is 7.38. The van der Waals surface area contributed by atoms with E-state index in [9.17, 15) is 4.79 Å². The fraction of sp³-hybridized carbons (Fsp3) is 0.562. The minimum absolute atomic E-state index is 0.0989. The standard InChI is InChI=1S/C16H24O3/c1-4-11-18-16(5-2)19-12-10-14-6-8-15(9-7-14)13(3)17/h6-9,16H,4-5,10-12H2,1-3H3. The molecule has 1 unspecified atom stereocenters. The van der Waals surface area contributed by atoms with E-state index >= 15 is 0 Å². The van der Waals surface area contributed by atoms with E-state index in [1.54, 1.807) is 6.92 Å². The first-order valence-corrected chi connectivity index (χ1v) is 7.00. The second kappa shape index (κ2) is 8.83. The third-order valence-electron chi connectivity index (χ3n) is 2.90. The van der Waals surface area contributed by atoms with Gasteiger partial charge in [0.2, 0.25) is 0 Å². The van der Waals surface area contributed by atoms with Crippen LogP contribution in [0.1, 0.15) is 49.5 Å². The average molecular weight is 264 g/mol. The van der Waals surface area contributed by atoms with Gasteiger partial charge in [-0.1, -0.05) is 38.1 Å². The fourth-order valence-corrected chi connectivity index (χ4v) is 1.75. The van der Waals surface area contributed by atoms with Gasteiger partial charge in [0, 0.05) is 12.2 Å². The number of hydrogen-bond donors (Lipinski definition) is 0. The van der Waals surface area contributed by atoms with Gasteiger partial charge in [-0.05, 0) is 31.7 Å². The van der Waals surface area contributed by atoms with Crippen molar-refractivity contribution in [3.63, 3.8) is 0 Å². The van der Waals surface area contributed by atoms with E-state index in [0.717, 1.165) is 31.4 Å². The highest BCUT2D eigenvalue weighted by molar-refractivity contribution is 5.93. The lowest BCUT2D eigenvalue weighted by Gasteiger charge is -2.16. The number of Topliss-reactive ketones (excluding diaryl/α,β-unsaturated/α-hetero) is 1. The molecule has 106 valence electrons. The molecule has 0 saturated carbocycles. The number of ether oxygens (including phenoxy) is 2. The summed E-state index contributed by atoms with van der Waals surface area (Å²) in [6.45, 7) is 7.10. The molecule has 0 bridgehead atoms. The molecule has 0 N–H and O–H groups in total. The van der Waals surface area contributed by atoms with Crippen molar-refractivity contribution >= 4 is 5.78 Å². The maximum atomic E-state index is 11.2. The SMILES string of the molecule is CCCOC(CC)OCCc1ccc(C(C)=O)cc1. The Balaban J connectivity index is 2.33. The van der Waals surface area contributed by atoms with Crippen molar-refractivity contribution in [3.05, 3.63) is 35.4 Å². The fourth-order valence-electron chi connectivity index (χ4n) is 1.75. The van der Waals surface area contributed by atoms with Crippen LogP contribution in [0.2, 0.25) is 0 Å². The molecule has 1 aromatic carbocycles. The van der Waals surface area contributed by atoms with Crippen LogP contribution in [0, 0.1) is 0 Å². The molecule has 0 radical (unpaired) electrons. The molecular formula is C16H24O3. The molecule has 3 heteroatoms. The summed E-state index contributed by atoms with van der Waals surface area (Å²) in [5.74, 6) is 0.0989. The lowest BCUT2D eigenvalue weighted by molar-refractivity contribution is -0.142. The molecule has 1 atom stereocenters. The van der Waals surface area contributed by atoms with Crippen molar-refractivity contribution < 1.29 is 14.3 Å². The lowest BCUT2D eigenvalue weighted by Crippen LogP contribution is -2.18. The Morgan fingerprint density at radius 2 is 1.74 bits per heavy atom. The maximum absolute atomic E-state index is 11.2. The van der Waals surface area contributed by atoms with Crippen LogP contribution in [-0.2, 0) is 15.9 Å². The minimum atomic E-state index is -0.101. The second-order valence-corrected chi connectivity index (χ2v) is 4.58. The number of carbonyl (C=O) groups is 1.